The molecule has 1 fully saturated rings. The summed E-state index contributed by atoms with van der Waals surface area (Å²) in [5, 5.41) is 18.2. The zero-order chi connectivity index (χ0) is 29.1. The Hall–Kier alpha value is -4.87. The third kappa shape index (κ3) is 6.16. The monoisotopic (exact) mass is 564 g/mol. The van der Waals surface area contributed by atoms with Crippen LogP contribution in [-0.2, 0) is 12.7 Å². The molecule has 5 rings (SSSR count). The van der Waals surface area contributed by atoms with E-state index in [0.29, 0.717) is 23.4 Å². The number of alkyl halides is 3. The van der Waals surface area contributed by atoms with Gasteiger partial charge in [0.1, 0.15) is 11.4 Å². The zero-order valence-corrected chi connectivity index (χ0v) is 22.0. The van der Waals surface area contributed by atoms with E-state index in [9.17, 15) is 22.8 Å². The Balaban J connectivity index is 1.62. The van der Waals surface area contributed by atoms with Gasteiger partial charge in [0.25, 0.3) is 5.91 Å². The minimum atomic E-state index is -4.93. The fourth-order valence-corrected chi connectivity index (χ4v) is 4.53. The lowest BCUT2D eigenvalue weighted by Crippen LogP contribution is -2.29. The number of pyridine rings is 1. The molecule has 1 saturated carbocycles. The minimum Gasteiger partial charge on any atom is -0.465 e. The maximum atomic E-state index is 14.5. The van der Waals surface area contributed by atoms with Crippen LogP contribution in [0, 0.1) is 5.92 Å². The van der Waals surface area contributed by atoms with Crippen LogP contribution in [0.25, 0.3) is 16.8 Å². The van der Waals surface area contributed by atoms with Crippen molar-refractivity contribution < 1.29 is 27.9 Å². The summed E-state index contributed by atoms with van der Waals surface area (Å²) in [5.74, 6) is -0.676. The molecule has 2 aromatic heterocycles. The summed E-state index contributed by atoms with van der Waals surface area (Å²) < 4.78 is 44.5. The van der Waals surface area contributed by atoms with E-state index in [1.807, 2.05) is 0 Å². The Kier molecular flexibility index (Phi) is 7.64. The molecule has 0 radical (unpaired) electrons. The van der Waals surface area contributed by atoms with Crippen LogP contribution in [0.5, 0.6) is 0 Å². The molecule has 4 aromatic rings. The highest BCUT2D eigenvalue weighted by molar-refractivity contribution is 6.11. The largest absolute Gasteiger partial charge is 0.465 e. The predicted molar refractivity (Wildman–Crippen MR) is 147 cm³/mol. The van der Waals surface area contributed by atoms with Crippen LogP contribution in [0.3, 0.4) is 0 Å². The van der Waals surface area contributed by atoms with E-state index in [4.69, 9.17) is 5.11 Å². The summed E-state index contributed by atoms with van der Waals surface area (Å²) in [6.45, 7) is 0.322. The molecule has 0 spiro atoms. The lowest BCUT2D eigenvalue weighted by molar-refractivity contribution is -0.141. The highest BCUT2D eigenvalue weighted by Crippen LogP contribution is 2.39. The number of carbonyl (C=O) groups is 2. The summed E-state index contributed by atoms with van der Waals surface area (Å²) in [7, 11) is 1.43. The molecule has 0 unspecified atom stereocenters. The Morgan fingerprint density at radius 3 is 2.49 bits per heavy atom. The first-order chi connectivity index (χ1) is 19.6. The van der Waals surface area contributed by atoms with Gasteiger partial charge in [-0.2, -0.15) is 18.3 Å². The third-order valence-corrected chi connectivity index (χ3v) is 6.78. The van der Waals surface area contributed by atoms with E-state index in [2.05, 4.69) is 20.7 Å². The number of hydrogen-bond donors (Lipinski definition) is 3. The van der Waals surface area contributed by atoms with Gasteiger partial charge in [0.05, 0.1) is 11.4 Å². The van der Waals surface area contributed by atoms with Crippen molar-refractivity contribution in [2.24, 2.45) is 5.92 Å². The SMILES string of the molecule is CN(C(=O)c1c(C(F)(F)F)nn(-c2cccc(CNC(=O)O)c2)c1NCC1CC1)c1ccccc1-c1ccncc1. The highest BCUT2D eigenvalue weighted by atomic mass is 19.4. The average molecular weight is 565 g/mol. The van der Waals surface area contributed by atoms with Crippen LogP contribution in [0.4, 0.5) is 29.5 Å². The van der Waals surface area contributed by atoms with Gasteiger partial charge in [-0.05, 0) is 60.2 Å². The maximum absolute atomic E-state index is 14.5. The van der Waals surface area contributed by atoms with Gasteiger partial charge in [-0.25, -0.2) is 9.48 Å². The quantitative estimate of drug-likeness (QED) is 0.236. The Bertz CT molecular complexity index is 1570. The van der Waals surface area contributed by atoms with Gasteiger partial charge in [0, 0.05) is 38.1 Å². The molecule has 2 heterocycles. The van der Waals surface area contributed by atoms with Crippen molar-refractivity contribution in [2.45, 2.75) is 25.6 Å². The van der Waals surface area contributed by atoms with Crippen molar-refractivity contribution in [1.82, 2.24) is 20.1 Å². The number of anilines is 2. The molecule has 0 aliphatic heterocycles. The first-order valence-electron chi connectivity index (χ1n) is 12.9. The number of aromatic nitrogens is 3. The second-order valence-electron chi connectivity index (χ2n) is 9.75. The molecule has 0 atom stereocenters. The van der Waals surface area contributed by atoms with Gasteiger partial charge in [0.2, 0.25) is 0 Å². The van der Waals surface area contributed by atoms with Gasteiger partial charge in [-0.3, -0.25) is 9.78 Å². The summed E-state index contributed by atoms with van der Waals surface area (Å²) >= 11 is 0. The molecular weight excluding hydrogens is 537 g/mol. The number of rotatable bonds is 9. The molecule has 1 aliphatic carbocycles. The van der Waals surface area contributed by atoms with E-state index in [0.717, 1.165) is 23.1 Å². The van der Waals surface area contributed by atoms with Crippen molar-refractivity contribution in [3.8, 4) is 16.8 Å². The number of benzene rings is 2. The Morgan fingerprint density at radius 1 is 1.07 bits per heavy atom. The molecule has 3 N–H and O–H groups in total. The average Bonchev–Trinajstić information content (AvgIpc) is 3.72. The van der Waals surface area contributed by atoms with Crippen LogP contribution in [0.15, 0.2) is 73.1 Å². The third-order valence-electron chi connectivity index (χ3n) is 6.78. The molecule has 0 bridgehead atoms. The lowest BCUT2D eigenvalue weighted by Gasteiger charge is -2.22. The van der Waals surface area contributed by atoms with Crippen molar-refractivity contribution in [3.05, 3.63) is 89.9 Å². The van der Waals surface area contributed by atoms with E-state index in [-0.39, 0.29) is 24.0 Å². The van der Waals surface area contributed by atoms with Gasteiger partial charge in [-0.15, -0.1) is 0 Å². The smallest absolute Gasteiger partial charge is 0.436 e. The first-order valence-corrected chi connectivity index (χ1v) is 12.9. The number of hydrogen-bond acceptors (Lipinski definition) is 5. The molecule has 0 saturated heterocycles. The molecule has 212 valence electrons. The zero-order valence-electron chi connectivity index (χ0n) is 22.0. The number of carbonyl (C=O) groups excluding carboxylic acids is 1. The Labute approximate surface area is 233 Å². The second kappa shape index (κ2) is 11.3. The predicted octanol–water partition coefficient (Wildman–Crippen LogP) is 5.82. The number of carboxylic acid groups (broad SMARTS) is 1. The van der Waals surface area contributed by atoms with Crippen LogP contribution in [0.2, 0.25) is 0 Å². The van der Waals surface area contributed by atoms with E-state index in [1.54, 1.807) is 67.0 Å². The molecule has 2 aromatic carbocycles. The molecule has 41 heavy (non-hydrogen) atoms. The number of para-hydroxylation sites is 1. The lowest BCUT2D eigenvalue weighted by atomic mass is 10.0. The summed E-state index contributed by atoms with van der Waals surface area (Å²) in [6, 6.07) is 16.8. The van der Waals surface area contributed by atoms with Crippen molar-refractivity contribution in [2.75, 3.05) is 23.8 Å². The van der Waals surface area contributed by atoms with Gasteiger partial charge >= 0.3 is 12.3 Å². The van der Waals surface area contributed by atoms with Crippen molar-refractivity contribution >= 4 is 23.5 Å². The van der Waals surface area contributed by atoms with Gasteiger partial charge in [0.15, 0.2) is 5.69 Å². The van der Waals surface area contributed by atoms with E-state index >= 15 is 0 Å². The number of halogens is 3. The summed E-state index contributed by atoms with van der Waals surface area (Å²) in [5.41, 5.74) is 0.663. The van der Waals surface area contributed by atoms with Crippen LogP contribution < -0.4 is 15.5 Å². The van der Waals surface area contributed by atoms with Gasteiger partial charge < -0.3 is 20.6 Å². The summed E-state index contributed by atoms with van der Waals surface area (Å²) in [4.78, 5) is 30.2. The van der Waals surface area contributed by atoms with Gasteiger partial charge in [-0.1, -0.05) is 30.3 Å². The molecule has 9 nitrogen and oxygen atoms in total. The van der Waals surface area contributed by atoms with Crippen molar-refractivity contribution in [3.63, 3.8) is 0 Å². The van der Waals surface area contributed by atoms with Crippen molar-refractivity contribution in [1.29, 1.82) is 0 Å². The first kappa shape index (κ1) is 27.7. The maximum Gasteiger partial charge on any atom is 0.436 e. The minimum absolute atomic E-state index is 0.0538. The summed E-state index contributed by atoms with van der Waals surface area (Å²) in [6.07, 6.45) is -1.10. The number of nitrogens with zero attached hydrogens (tertiary/aromatic N) is 4. The van der Waals surface area contributed by atoms with Crippen LogP contribution >= 0.6 is 0 Å². The molecular formula is C29H27F3N6O3. The van der Waals surface area contributed by atoms with E-state index in [1.165, 1.54) is 18.0 Å². The molecule has 1 aliphatic rings. The number of nitrogens with one attached hydrogen (secondary N) is 2. The van der Waals surface area contributed by atoms with Crippen LogP contribution in [-0.4, -0.2) is 45.5 Å². The fourth-order valence-electron chi connectivity index (χ4n) is 4.53. The van der Waals surface area contributed by atoms with E-state index < -0.39 is 29.4 Å². The molecule has 2 amide bonds. The topological polar surface area (TPSA) is 112 Å². The second-order valence-corrected chi connectivity index (χ2v) is 9.75. The molecule has 12 heteroatoms. The Morgan fingerprint density at radius 2 is 1.80 bits per heavy atom. The normalized spacial score (nSPS) is 13.1. The fraction of sp³-hybridized carbons (Fsp3) is 0.241. The number of amides is 2. The highest BCUT2D eigenvalue weighted by Gasteiger charge is 2.43. The van der Waals surface area contributed by atoms with Crippen LogP contribution in [0.1, 0.15) is 34.5 Å². The standard InChI is InChI=1S/C29H27F3N6O3/c1-37(23-8-3-2-7-22(23)20-11-13-33-14-12-20)27(39)24-25(29(30,31)32)36-38(26(24)34-16-18-9-10-18)21-6-4-5-19(15-21)17-35-28(40)41/h2-8,11-15,18,34-35H,9-10,16-17H2,1H3,(H,40,41).